The molecule has 14 heavy (non-hydrogen) atoms. The lowest BCUT2D eigenvalue weighted by molar-refractivity contribution is 0.267. The van der Waals surface area contributed by atoms with Crippen molar-refractivity contribution in [2.45, 2.75) is 57.9 Å². The molecular formula is C13H23N. The third kappa shape index (κ3) is 2.20. The Morgan fingerprint density at radius 2 is 2.00 bits per heavy atom. The van der Waals surface area contributed by atoms with Crippen LogP contribution in [0.3, 0.4) is 0 Å². The molecule has 2 aliphatic carbocycles. The number of rotatable bonds is 2. The van der Waals surface area contributed by atoms with Gasteiger partial charge in [0.05, 0.1) is 0 Å². The summed E-state index contributed by atoms with van der Waals surface area (Å²) in [5.41, 5.74) is 7.89. The van der Waals surface area contributed by atoms with Gasteiger partial charge >= 0.3 is 0 Å². The topological polar surface area (TPSA) is 26.0 Å². The summed E-state index contributed by atoms with van der Waals surface area (Å²) >= 11 is 0. The van der Waals surface area contributed by atoms with E-state index >= 15 is 0 Å². The molecule has 0 aromatic rings. The van der Waals surface area contributed by atoms with Crippen molar-refractivity contribution in [1.82, 2.24) is 0 Å². The molecule has 1 saturated carbocycles. The molecule has 1 nitrogen and oxygen atoms in total. The normalized spacial score (nSPS) is 35.4. The first-order valence-electron chi connectivity index (χ1n) is 6.22. The van der Waals surface area contributed by atoms with E-state index in [0.29, 0.717) is 6.04 Å². The van der Waals surface area contributed by atoms with Crippen molar-refractivity contribution in [3.8, 4) is 0 Å². The lowest BCUT2D eigenvalue weighted by atomic mass is 9.77. The van der Waals surface area contributed by atoms with Crippen LogP contribution >= 0.6 is 0 Å². The standard InChI is InChI=1S/C13H23N/c1-10-6-8-12(9-7-10)13(14)11-4-2-3-5-11/h4,10,12-13H,2-3,5-9,14H2,1H3. The van der Waals surface area contributed by atoms with Crippen LogP contribution < -0.4 is 5.73 Å². The van der Waals surface area contributed by atoms with Crippen LogP contribution in [0.2, 0.25) is 0 Å². The third-order valence-electron chi connectivity index (χ3n) is 4.07. The maximum atomic E-state index is 6.33. The second-order valence-corrected chi connectivity index (χ2v) is 5.22. The van der Waals surface area contributed by atoms with E-state index in [9.17, 15) is 0 Å². The fraction of sp³-hybridized carbons (Fsp3) is 0.846. The van der Waals surface area contributed by atoms with Crippen LogP contribution in [0.15, 0.2) is 11.6 Å². The molecule has 0 radical (unpaired) electrons. The second kappa shape index (κ2) is 4.48. The van der Waals surface area contributed by atoms with Crippen LogP contribution in [0, 0.1) is 11.8 Å². The molecule has 0 amide bonds. The van der Waals surface area contributed by atoms with Crippen molar-refractivity contribution >= 4 is 0 Å². The van der Waals surface area contributed by atoms with Crippen LogP contribution in [-0.4, -0.2) is 6.04 Å². The minimum Gasteiger partial charge on any atom is -0.324 e. The quantitative estimate of drug-likeness (QED) is 0.669. The molecule has 0 aliphatic heterocycles. The molecule has 80 valence electrons. The van der Waals surface area contributed by atoms with Crippen molar-refractivity contribution in [3.05, 3.63) is 11.6 Å². The molecule has 2 N–H and O–H groups in total. The molecule has 2 aliphatic rings. The highest BCUT2D eigenvalue weighted by atomic mass is 14.7. The molecule has 0 aromatic heterocycles. The molecule has 2 rings (SSSR count). The van der Waals surface area contributed by atoms with Gasteiger partial charge in [-0.3, -0.25) is 0 Å². The molecule has 0 heterocycles. The first-order valence-corrected chi connectivity index (χ1v) is 6.22. The number of allylic oxidation sites excluding steroid dienone is 1. The van der Waals surface area contributed by atoms with Crippen molar-refractivity contribution in [1.29, 1.82) is 0 Å². The predicted molar refractivity (Wildman–Crippen MR) is 61.0 cm³/mol. The number of hydrogen-bond acceptors (Lipinski definition) is 1. The minimum absolute atomic E-state index is 0.394. The molecule has 0 saturated heterocycles. The zero-order valence-electron chi connectivity index (χ0n) is 9.34. The van der Waals surface area contributed by atoms with Gasteiger partial charge in [-0.15, -0.1) is 0 Å². The van der Waals surface area contributed by atoms with Gasteiger partial charge in [0.15, 0.2) is 0 Å². The monoisotopic (exact) mass is 193 g/mol. The Balaban J connectivity index is 1.88. The number of nitrogens with two attached hydrogens (primary N) is 1. The summed E-state index contributed by atoms with van der Waals surface area (Å²) in [5, 5.41) is 0. The van der Waals surface area contributed by atoms with E-state index in [1.165, 1.54) is 44.9 Å². The summed E-state index contributed by atoms with van der Waals surface area (Å²) in [5.74, 6) is 1.73. The van der Waals surface area contributed by atoms with E-state index in [-0.39, 0.29) is 0 Å². The fourth-order valence-corrected chi connectivity index (χ4v) is 2.95. The van der Waals surface area contributed by atoms with E-state index in [1.54, 1.807) is 5.57 Å². The van der Waals surface area contributed by atoms with E-state index < -0.39 is 0 Å². The van der Waals surface area contributed by atoms with Crippen molar-refractivity contribution < 1.29 is 0 Å². The lowest BCUT2D eigenvalue weighted by Gasteiger charge is -2.31. The van der Waals surface area contributed by atoms with E-state index in [1.807, 2.05) is 0 Å². The SMILES string of the molecule is CC1CCC(C(N)C2=CCCC2)CC1. The van der Waals surface area contributed by atoms with Gasteiger partial charge in [0.2, 0.25) is 0 Å². The Labute approximate surface area is 87.8 Å². The minimum atomic E-state index is 0.394. The smallest absolute Gasteiger partial charge is 0.0282 e. The number of hydrogen-bond donors (Lipinski definition) is 1. The zero-order chi connectivity index (χ0) is 9.97. The Morgan fingerprint density at radius 3 is 2.57 bits per heavy atom. The molecule has 0 bridgehead atoms. The second-order valence-electron chi connectivity index (χ2n) is 5.22. The maximum Gasteiger partial charge on any atom is 0.0282 e. The Kier molecular flexibility index (Phi) is 3.27. The van der Waals surface area contributed by atoms with Crippen LogP contribution in [0.5, 0.6) is 0 Å². The lowest BCUT2D eigenvalue weighted by Crippen LogP contribution is -2.34. The average Bonchev–Trinajstić information content (AvgIpc) is 2.71. The van der Waals surface area contributed by atoms with Crippen molar-refractivity contribution in [2.75, 3.05) is 0 Å². The highest BCUT2D eigenvalue weighted by Gasteiger charge is 2.26. The van der Waals surface area contributed by atoms with Crippen LogP contribution in [0.4, 0.5) is 0 Å². The molecule has 0 aromatic carbocycles. The van der Waals surface area contributed by atoms with E-state index in [2.05, 4.69) is 13.0 Å². The van der Waals surface area contributed by atoms with Gasteiger partial charge in [-0.1, -0.05) is 31.4 Å². The van der Waals surface area contributed by atoms with Gasteiger partial charge in [-0.05, 0) is 43.9 Å². The van der Waals surface area contributed by atoms with E-state index in [4.69, 9.17) is 5.73 Å². The summed E-state index contributed by atoms with van der Waals surface area (Å²) < 4.78 is 0. The van der Waals surface area contributed by atoms with Gasteiger partial charge in [0.25, 0.3) is 0 Å². The van der Waals surface area contributed by atoms with Gasteiger partial charge in [-0.25, -0.2) is 0 Å². The van der Waals surface area contributed by atoms with Gasteiger partial charge < -0.3 is 5.73 Å². The van der Waals surface area contributed by atoms with Crippen molar-refractivity contribution in [3.63, 3.8) is 0 Å². The summed E-state index contributed by atoms with van der Waals surface area (Å²) in [6.07, 6.45) is 11.8. The Morgan fingerprint density at radius 1 is 1.29 bits per heavy atom. The third-order valence-corrected chi connectivity index (χ3v) is 4.07. The van der Waals surface area contributed by atoms with E-state index in [0.717, 1.165) is 11.8 Å². The average molecular weight is 193 g/mol. The molecular weight excluding hydrogens is 170 g/mol. The molecule has 0 spiro atoms. The van der Waals surface area contributed by atoms with Gasteiger partial charge in [-0.2, -0.15) is 0 Å². The predicted octanol–water partition coefficient (Wildman–Crippen LogP) is 3.25. The van der Waals surface area contributed by atoms with Crippen LogP contribution in [-0.2, 0) is 0 Å². The zero-order valence-corrected chi connectivity index (χ0v) is 9.34. The summed E-state index contributed by atoms with van der Waals surface area (Å²) in [6, 6.07) is 0.394. The highest BCUT2D eigenvalue weighted by Crippen LogP contribution is 2.34. The van der Waals surface area contributed by atoms with Crippen molar-refractivity contribution in [2.24, 2.45) is 17.6 Å². The summed E-state index contributed by atoms with van der Waals surface area (Å²) in [4.78, 5) is 0. The van der Waals surface area contributed by atoms with Crippen LogP contribution in [0.1, 0.15) is 51.9 Å². The Hall–Kier alpha value is -0.300. The maximum absolute atomic E-state index is 6.33. The molecule has 1 unspecified atom stereocenters. The highest BCUT2D eigenvalue weighted by molar-refractivity contribution is 5.15. The molecule has 1 atom stereocenters. The largest absolute Gasteiger partial charge is 0.324 e. The Bertz CT molecular complexity index is 211. The first-order chi connectivity index (χ1) is 6.77. The van der Waals surface area contributed by atoms with Gasteiger partial charge in [0, 0.05) is 6.04 Å². The van der Waals surface area contributed by atoms with Crippen LogP contribution in [0.25, 0.3) is 0 Å². The first kappa shape index (κ1) is 10.2. The fourth-order valence-electron chi connectivity index (χ4n) is 2.95. The summed E-state index contributed by atoms with van der Waals surface area (Å²) in [6.45, 7) is 2.37. The molecule has 1 fully saturated rings. The molecule has 1 heteroatoms. The summed E-state index contributed by atoms with van der Waals surface area (Å²) in [7, 11) is 0. The van der Waals surface area contributed by atoms with Gasteiger partial charge in [0.1, 0.15) is 0 Å².